The summed E-state index contributed by atoms with van der Waals surface area (Å²) in [5.41, 5.74) is 48.7. The Morgan fingerprint density at radius 3 is 0.874 bits per heavy atom. The Kier molecular flexibility index (Phi) is 23.8. The molecule has 18 aromatic rings. The Balaban J connectivity index is 0.560. The number of rotatable bonds is 35. The molecule has 0 unspecified atom stereocenters. The highest BCUT2D eigenvalue weighted by molar-refractivity contribution is 6.21. The number of para-hydroxylation sites is 2. The molecule has 143 heavy (non-hydrogen) atoms. The summed E-state index contributed by atoms with van der Waals surface area (Å²) in [5, 5.41) is 7.08. The van der Waals surface area contributed by atoms with E-state index in [-0.39, 0.29) is 21.7 Å². The predicted octanol–water partition coefficient (Wildman–Crippen LogP) is 41.5. The van der Waals surface area contributed by atoms with Gasteiger partial charge < -0.3 is 13.7 Å². The standard InChI is InChI=1S/C140H141NO2/c1-13-17-21-25-29-43-75-139(76-44-30-26-22-18-14-2)115-53-39-35-49-101(115)107-69-60-94(82-123(107)139)92-58-67-103-105-71-62-96(84-119(105)135(5,6)117(103)80-92)113-88-125-129(131-111-51-37-41-55-127(111)142-133(113)131)109-73-65-99(86-121(109)137(125,9)10)141(98-64-57-90-47-33-34-48-91(90)79-98)100-66-74-110-122(87-100)138(11,12)126-89-114(134-132(130(110)126)112-52-38-42-56-128(112)143-134)97-63-72-106-104-68-59-93(81-118(104)136(7,8)120(106)85-97)95-61-70-108-102-50-36-40-54-116(102)140(124(108)83-95,77-45-31-27-23-19-15-3)78-46-32-28-24-20-16-4/h33-42,47-74,79-89H,13-32,43-46,75-78H2,1-12H3. The lowest BCUT2D eigenvalue weighted by molar-refractivity contribution is 0.398. The van der Waals surface area contributed by atoms with Gasteiger partial charge in [-0.05, 0) is 300 Å². The minimum atomic E-state index is -0.423. The lowest BCUT2D eigenvalue weighted by Crippen LogP contribution is -2.25. The average molecular weight is 1870 g/mol. The van der Waals surface area contributed by atoms with Crippen molar-refractivity contribution in [2.45, 2.75) is 295 Å². The van der Waals surface area contributed by atoms with Crippen molar-refractivity contribution in [3.8, 4) is 111 Å². The summed E-state index contributed by atoms with van der Waals surface area (Å²) in [4.78, 5) is 2.55. The quantitative estimate of drug-likeness (QED) is 0.0371. The summed E-state index contributed by atoms with van der Waals surface area (Å²) in [5.74, 6) is 0. The molecule has 2 aromatic heterocycles. The van der Waals surface area contributed by atoms with Crippen molar-refractivity contribution in [2.75, 3.05) is 4.90 Å². The molecule has 0 saturated carbocycles. The van der Waals surface area contributed by atoms with Crippen LogP contribution in [0.3, 0.4) is 0 Å². The molecule has 0 radical (unpaired) electrons. The fourth-order valence-corrected chi connectivity index (χ4v) is 28.2. The van der Waals surface area contributed by atoms with Gasteiger partial charge in [-0.3, -0.25) is 0 Å². The summed E-state index contributed by atoms with van der Waals surface area (Å²) in [6.45, 7) is 29.1. The van der Waals surface area contributed by atoms with Crippen molar-refractivity contribution < 1.29 is 8.83 Å². The molecule has 24 rings (SSSR count). The summed E-state index contributed by atoms with van der Waals surface area (Å²) < 4.78 is 14.7. The van der Waals surface area contributed by atoms with Crippen molar-refractivity contribution in [3.05, 3.63) is 364 Å². The van der Waals surface area contributed by atoms with Gasteiger partial charge in [-0.25, -0.2) is 0 Å². The van der Waals surface area contributed by atoms with E-state index in [9.17, 15) is 0 Å². The van der Waals surface area contributed by atoms with E-state index in [0.717, 1.165) is 61.3 Å². The largest absolute Gasteiger partial charge is 0.455 e. The highest BCUT2D eigenvalue weighted by Gasteiger charge is 2.48. The molecule has 0 N–H and O–H groups in total. The SMILES string of the molecule is CCCCCCCCC1(CCCCCCCC)c2ccccc2-c2ccc(-c3ccc4c(c3)C(C)(C)c3cc(-c5cc6c(c7c5oc5ccccc57)-c5ccc(N(c7ccc8c(c7)C(C)(C)c7cc(-c9ccc%10c(c9)C(C)(C)c9cc(-c%11ccc%12c(c%11)C(CCCCCCCC)(CCCCCCCC)c%11ccccc%11-%12)ccc9-%10)c9oc%10ccccc%10c9c7-8)c7ccc8ccccc8c7)cc5C6(C)C)ccc3-4)cc21. The van der Waals surface area contributed by atoms with Crippen LogP contribution in [0.25, 0.3) is 166 Å². The second kappa shape index (κ2) is 36.8. The van der Waals surface area contributed by atoms with Gasteiger partial charge in [-0.15, -0.1) is 0 Å². The van der Waals surface area contributed by atoms with Crippen LogP contribution in [-0.2, 0) is 32.5 Å². The molecule has 718 valence electrons. The van der Waals surface area contributed by atoms with Gasteiger partial charge in [0.1, 0.15) is 22.3 Å². The van der Waals surface area contributed by atoms with Crippen molar-refractivity contribution >= 4 is 71.7 Å². The Morgan fingerprint density at radius 2 is 0.483 bits per heavy atom. The molecule has 0 bridgehead atoms. The van der Waals surface area contributed by atoms with Crippen LogP contribution in [0.5, 0.6) is 0 Å². The van der Waals surface area contributed by atoms with Gasteiger partial charge in [-0.1, -0.05) is 437 Å². The van der Waals surface area contributed by atoms with Gasteiger partial charge >= 0.3 is 0 Å². The fraction of sp³-hybridized carbons (Fsp3) is 0.329. The third-order valence-corrected chi connectivity index (χ3v) is 36.0. The van der Waals surface area contributed by atoms with Gasteiger partial charge in [-0.2, -0.15) is 0 Å². The van der Waals surface area contributed by atoms with Crippen LogP contribution in [0.2, 0.25) is 0 Å². The molecule has 3 nitrogen and oxygen atoms in total. The average Bonchev–Trinajstić information content (AvgIpc) is 1.53. The number of nitrogens with zero attached hydrogens (tertiary/aromatic N) is 1. The zero-order chi connectivity index (χ0) is 97.4. The van der Waals surface area contributed by atoms with Gasteiger partial charge in [0, 0.05) is 82.2 Å². The minimum absolute atomic E-state index is 0.0161. The number of fused-ring (bicyclic) bond motifs is 27. The molecule has 0 saturated heterocycles. The van der Waals surface area contributed by atoms with E-state index in [0.29, 0.717) is 0 Å². The molecule has 2 heterocycles. The van der Waals surface area contributed by atoms with Crippen molar-refractivity contribution in [2.24, 2.45) is 0 Å². The molecule has 0 fully saturated rings. The van der Waals surface area contributed by atoms with Crippen LogP contribution in [0, 0.1) is 0 Å². The Labute approximate surface area is 850 Å². The zero-order valence-electron chi connectivity index (χ0n) is 86.9. The van der Waals surface area contributed by atoms with E-state index in [4.69, 9.17) is 8.83 Å². The summed E-state index contributed by atoms with van der Waals surface area (Å²) in [6, 6.07) is 117. The fourth-order valence-electron chi connectivity index (χ4n) is 28.2. The molecular weight excluding hydrogens is 1730 g/mol. The van der Waals surface area contributed by atoms with Crippen molar-refractivity contribution in [1.29, 1.82) is 0 Å². The Hall–Kier alpha value is -12.8. The molecule has 16 aromatic carbocycles. The number of furan rings is 2. The van der Waals surface area contributed by atoms with E-state index in [1.54, 1.807) is 22.3 Å². The number of unbranched alkanes of at least 4 members (excludes halogenated alkanes) is 20. The second-order valence-electron chi connectivity index (χ2n) is 46.0. The van der Waals surface area contributed by atoms with Gasteiger partial charge in [0.2, 0.25) is 0 Å². The van der Waals surface area contributed by atoms with Gasteiger partial charge in [0.05, 0.1) is 0 Å². The molecule has 0 atom stereocenters. The molecule has 0 amide bonds. The molecular formula is C140H141NO2. The normalized spacial score (nSPS) is 15.3. The van der Waals surface area contributed by atoms with E-state index in [1.165, 1.54) is 346 Å². The molecule has 0 spiro atoms. The molecule has 6 aliphatic carbocycles. The number of benzene rings is 16. The van der Waals surface area contributed by atoms with Gasteiger partial charge in [0.15, 0.2) is 0 Å². The predicted molar refractivity (Wildman–Crippen MR) is 610 cm³/mol. The van der Waals surface area contributed by atoms with Crippen LogP contribution in [0.1, 0.15) is 330 Å². The first-order chi connectivity index (χ1) is 69.8. The monoisotopic (exact) mass is 1870 g/mol. The lowest BCUT2D eigenvalue weighted by atomic mass is 9.70. The number of hydrogen-bond acceptors (Lipinski definition) is 3. The number of anilines is 3. The van der Waals surface area contributed by atoms with Crippen LogP contribution in [0.15, 0.2) is 306 Å². The lowest BCUT2D eigenvalue weighted by Gasteiger charge is -2.33. The maximum Gasteiger partial charge on any atom is 0.143 e. The maximum absolute atomic E-state index is 7.34. The zero-order valence-corrected chi connectivity index (χ0v) is 86.9. The molecule has 3 heteroatoms. The van der Waals surface area contributed by atoms with Crippen LogP contribution in [-0.4, -0.2) is 0 Å². The summed E-state index contributed by atoms with van der Waals surface area (Å²) >= 11 is 0. The first-order valence-corrected chi connectivity index (χ1v) is 55.4. The van der Waals surface area contributed by atoms with Crippen LogP contribution in [0.4, 0.5) is 17.1 Å². The van der Waals surface area contributed by atoms with Crippen molar-refractivity contribution in [3.63, 3.8) is 0 Å². The Morgan fingerprint density at radius 1 is 0.203 bits per heavy atom. The maximum atomic E-state index is 7.34. The minimum Gasteiger partial charge on any atom is -0.455 e. The second-order valence-corrected chi connectivity index (χ2v) is 46.0. The first-order valence-electron chi connectivity index (χ1n) is 55.4. The van der Waals surface area contributed by atoms with Crippen molar-refractivity contribution in [1.82, 2.24) is 0 Å². The van der Waals surface area contributed by atoms with E-state index in [2.05, 4.69) is 385 Å². The van der Waals surface area contributed by atoms with E-state index < -0.39 is 10.8 Å². The summed E-state index contributed by atoms with van der Waals surface area (Å²) in [7, 11) is 0. The first kappa shape index (κ1) is 92.6. The number of hydrogen-bond donors (Lipinski definition) is 0. The third kappa shape index (κ3) is 15.2. The Bertz CT molecular complexity index is 7590. The smallest absolute Gasteiger partial charge is 0.143 e. The third-order valence-electron chi connectivity index (χ3n) is 36.0. The van der Waals surface area contributed by atoms with Gasteiger partial charge in [0.25, 0.3) is 0 Å². The van der Waals surface area contributed by atoms with Crippen LogP contribution >= 0.6 is 0 Å². The molecule has 6 aliphatic rings. The van der Waals surface area contributed by atoms with E-state index >= 15 is 0 Å². The van der Waals surface area contributed by atoms with E-state index in [1.807, 2.05) is 0 Å². The topological polar surface area (TPSA) is 29.5 Å². The highest BCUT2D eigenvalue weighted by Crippen LogP contribution is 2.64. The molecule has 0 aliphatic heterocycles. The highest BCUT2D eigenvalue weighted by atomic mass is 16.3. The van der Waals surface area contributed by atoms with Crippen LogP contribution < -0.4 is 4.90 Å². The summed E-state index contributed by atoms with van der Waals surface area (Å²) in [6.07, 6.45) is 36.4.